The van der Waals surface area contributed by atoms with Gasteiger partial charge < -0.3 is 15.1 Å². The molecular weight excluding hydrogens is 454 g/mol. The largest absolute Gasteiger partial charge is 0.414 e. The molecule has 2 N–H and O–H groups in total. The van der Waals surface area contributed by atoms with E-state index >= 15 is 0 Å². The van der Waals surface area contributed by atoms with Gasteiger partial charge in [0.1, 0.15) is 0 Å². The van der Waals surface area contributed by atoms with Crippen molar-refractivity contribution in [1.82, 2.24) is 25.1 Å². The van der Waals surface area contributed by atoms with Crippen LogP contribution in [0.1, 0.15) is 26.0 Å². The number of nitriles is 1. The van der Waals surface area contributed by atoms with Gasteiger partial charge in [0.05, 0.1) is 35.6 Å². The molecule has 5 rings (SSSR count). The molecular formula is C26H24N9O+. The average Bonchev–Trinajstić information content (AvgIpc) is 3.59. The van der Waals surface area contributed by atoms with Gasteiger partial charge in [-0.05, 0) is 50.2 Å². The highest BCUT2D eigenvalue weighted by atomic mass is 16.4. The summed E-state index contributed by atoms with van der Waals surface area (Å²) in [5.41, 5.74) is 9.44. The third kappa shape index (κ3) is 4.32. The van der Waals surface area contributed by atoms with Crippen LogP contribution >= 0.6 is 0 Å². The first-order chi connectivity index (χ1) is 17.4. The van der Waals surface area contributed by atoms with Crippen molar-refractivity contribution in [2.75, 3.05) is 23.7 Å². The number of hydrogen-bond donors (Lipinski definition) is 1. The molecule has 3 aromatic heterocycles. The maximum Gasteiger partial charge on any atom is 0.290 e. The lowest BCUT2D eigenvalue weighted by Gasteiger charge is -2.16. The van der Waals surface area contributed by atoms with Crippen LogP contribution < -0.4 is 10.6 Å². The van der Waals surface area contributed by atoms with Crippen molar-refractivity contribution in [2.45, 2.75) is 31.7 Å². The molecule has 10 heteroatoms. The predicted molar refractivity (Wildman–Crippen MR) is 136 cm³/mol. The van der Waals surface area contributed by atoms with Crippen molar-refractivity contribution in [3.8, 4) is 46.9 Å². The number of nitrogen functional groups attached to an aromatic ring is 1. The number of hydrogen-bond acceptors (Lipinski definition) is 9. The molecule has 0 bridgehead atoms. The normalized spacial score (nSPS) is 15.4. The van der Waals surface area contributed by atoms with E-state index in [2.05, 4.69) is 41.0 Å². The second-order valence-corrected chi connectivity index (χ2v) is 9.15. The van der Waals surface area contributed by atoms with Crippen molar-refractivity contribution in [1.29, 1.82) is 5.26 Å². The van der Waals surface area contributed by atoms with E-state index < -0.39 is 5.41 Å². The van der Waals surface area contributed by atoms with Gasteiger partial charge in [-0.3, -0.25) is 4.98 Å². The van der Waals surface area contributed by atoms with Crippen molar-refractivity contribution < 1.29 is 4.42 Å². The fourth-order valence-corrected chi connectivity index (χ4v) is 4.03. The van der Waals surface area contributed by atoms with Crippen LogP contribution in [0.15, 0.2) is 53.2 Å². The number of aromatic nitrogens is 5. The summed E-state index contributed by atoms with van der Waals surface area (Å²) in [6.45, 7) is 10.8. The predicted octanol–water partition coefficient (Wildman–Crippen LogP) is 4.18. The van der Waals surface area contributed by atoms with Crippen molar-refractivity contribution in [3.05, 3.63) is 59.3 Å². The molecule has 0 amide bonds. The fraction of sp³-hybridized carbons (Fsp3) is 0.269. The Hall–Kier alpha value is -4.83. The van der Waals surface area contributed by atoms with Gasteiger partial charge in [-0.1, -0.05) is 4.85 Å². The molecule has 0 unspecified atom stereocenters. The molecule has 178 valence electrons. The first-order valence-corrected chi connectivity index (χ1v) is 11.5. The third-order valence-corrected chi connectivity index (χ3v) is 6.26. The van der Waals surface area contributed by atoms with Crippen LogP contribution in [0.4, 0.5) is 11.5 Å². The Kier molecular flexibility index (Phi) is 5.79. The third-order valence-electron chi connectivity index (χ3n) is 6.26. The summed E-state index contributed by atoms with van der Waals surface area (Å²) in [6, 6.07) is 13.9. The molecule has 1 fully saturated rings. The molecule has 1 aromatic carbocycles. The van der Waals surface area contributed by atoms with Gasteiger partial charge in [0.2, 0.25) is 5.89 Å². The molecule has 1 saturated heterocycles. The summed E-state index contributed by atoms with van der Waals surface area (Å²) in [7, 11) is 0. The number of nitrogens with two attached hydrogens (primary N) is 1. The minimum atomic E-state index is -0.743. The second-order valence-electron chi connectivity index (χ2n) is 9.15. The van der Waals surface area contributed by atoms with E-state index in [1.165, 1.54) is 0 Å². The Balaban J connectivity index is 1.41. The molecule has 1 atom stereocenters. The lowest BCUT2D eigenvalue weighted by atomic mass is 9.90. The molecule has 4 aromatic rings. The number of benzene rings is 1. The highest BCUT2D eigenvalue weighted by Crippen LogP contribution is 2.30. The van der Waals surface area contributed by atoms with Crippen LogP contribution in [-0.4, -0.2) is 44.3 Å². The van der Waals surface area contributed by atoms with Crippen molar-refractivity contribution in [2.24, 2.45) is 0 Å². The smallest absolute Gasteiger partial charge is 0.290 e. The minimum Gasteiger partial charge on any atom is -0.414 e. The van der Waals surface area contributed by atoms with Crippen LogP contribution in [0, 0.1) is 17.9 Å². The molecule has 0 aliphatic carbocycles. The summed E-state index contributed by atoms with van der Waals surface area (Å²) >= 11 is 0. The fourth-order valence-electron chi connectivity index (χ4n) is 4.03. The van der Waals surface area contributed by atoms with Crippen LogP contribution in [0.2, 0.25) is 0 Å². The highest BCUT2D eigenvalue weighted by Gasteiger charge is 2.29. The minimum absolute atomic E-state index is 0.166. The maximum atomic E-state index is 9.45. The molecule has 0 radical (unpaired) electrons. The van der Waals surface area contributed by atoms with E-state index in [1.54, 1.807) is 18.5 Å². The van der Waals surface area contributed by atoms with Crippen LogP contribution in [0.3, 0.4) is 0 Å². The Morgan fingerprint density at radius 2 is 1.92 bits per heavy atom. The summed E-state index contributed by atoms with van der Waals surface area (Å²) in [4.78, 5) is 19.4. The molecule has 36 heavy (non-hydrogen) atoms. The van der Waals surface area contributed by atoms with Gasteiger partial charge in [0.15, 0.2) is 11.5 Å². The van der Waals surface area contributed by atoms with E-state index in [0.29, 0.717) is 17.3 Å². The monoisotopic (exact) mass is 478 g/mol. The Labute approximate surface area is 208 Å². The number of rotatable bonds is 5. The number of anilines is 2. The first-order valence-electron chi connectivity index (χ1n) is 11.5. The van der Waals surface area contributed by atoms with Gasteiger partial charge in [-0.2, -0.15) is 5.26 Å². The van der Waals surface area contributed by atoms with Gasteiger partial charge in [-0.15, -0.1) is 10.2 Å². The topological polar surface area (TPSA) is 135 Å². The SMILES string of the molecule is C#[N+][C@H]1CCN(c2ccc(-c3nnc(-c4nc(-c5ccnc(C(C)(C)C#N)c5)cnc4N)o3)cc2)C1. The Morgan fingerprint density at radius 3 is 2.64 bits per heavy atom. The molecule has 1 aliphatic rings. The standard InChI is InChI=1S/C26H24N9O/c1-26(2,15-27)21-12-17(8-10-30-21)20-13-31-23(28)22(32-20)25-34-33-24(36-25)16-4-6-19(7-5-16)35-11-9-18(14-35)29-3/h3-8,10,12-13,18H,9,11,14H2,1-2H3,(H2,28,31)/q+1/t18-/m0/s1. The average molecular weight is 479 g/mol. The lowest BCUT2D eigenvalue weighted by Crippen LogP contribution is -2.19. The lowest BCUT2D eigenvalue weighted by molar-refractivity contribution is 0.582. The summed E-state index contributed by atoms with van der Waals surface area (Å²) in [5, 5.41) is 17.8. The van der Waals surface area contributed by atoms with Crippen LogP contribution in [-0.2, 0) is 5.41 Å². The van der Waals surface area contributed by atoms with Gasteiger partial charge in [-0.25, -0.2) is 9.97 Å². The molecule has 4 heterocycles. The molecule has 10 nitrogen and oxygen atoms in total. The molecule has 0 spiro atoms. The van der Waals surface area contributed by atoms with Crippen molar-refractivity contribution >= 4 is 11.5 Å². The van der Waals surface area contributed by atoms with Crippen LogP contribution in [0.5, 0.6) is 0 Å². The van der Waals surface area contributed by atoms with Gasteiger partial charge >= 0.3 is 0 Å². The summed E-state index contributed by atoms with van der Waals surface area (Å²) < 4.78 is 5.92. The number of nitrogens with zero attached hydrogens (tertiary/aromatic N) is 8. The quantitative estimate of drug-likeness (QED) is 0.448. The Bertz CT molecular complexity index is 1500. The van der Waals surface area contributed by atoms with E-state index in [0.717, 1.165) is 36.3 Å². The van der Waals surface area contributed by atoms with Gasteiger partial charge in [0.25, 0.3) is 18.5 Å². The second kappa shape index (κ2) is 9.08. The zero-order valence-corrected chi connectivity index (χ0v) is 20.0. The number of pyridine rings is 1. The van der Waals surface area contributed by atoms with Crippen LogP contribution in [0.25, 0.3) is 39.1 Å². The first kappa shape index (κ1) is 22.9. The highest BCUT2D eigenvalue weighted by molar-refractivity contribution is 5.69. The van der Waals surface area contributed by atoms with Gasteiger partial charge in [0, 0.05) is 36.0 Å². The zero-order chi connectivity index (χ0) is 25.3. The summed E-state index contributed by atoms with van der Waals surface area (Å²) in [6.07, 6.45) is 4.15. The van der Waals surface area contributed by atoms with E-state index in [9.17, 15) is 5.26 Å². The Morgan fingerprint density at radius 1 is 1.14 bits per heavy atom. The van der Waals surface area contributed by atoms with E-state index in [-0.39, 0.29) is 23.4 Å². The van der Waals surface area contributed by atoms with E-state index in [1.807, 2.05) is 44.2 Å². The van der Waals surface area contributed by atoms with Crippen molar-refractivity contribution in [3.63, 3.8) is 0 Å². The zero-order valence-electron chi connectivity index (χ0n) is 20.0. The molecule has 1 aliphatic heterocycles. The summed E-state index contributed by atoms with van der Waals surface area (Å²) in [5.74, 6) is 0.686. The molecule has 0 saturated carbocycles. The van der Waals surface area contributed by atoms with E-state index in [4.69, 9.17) is 16.7 Å². The maximum absolute atomic E-state index is 9.45.